The molecule has 1 unspecified atom stereocenters. The zero-order chi connectivity index (χ0) is 12.7. The number of aryl methyl sites for hydroxylation is 1. The van der Waals surface area contributed by atoms with Gasteiger partial charge in [-0.25, -0.2) is 0 Å². The number of hydrogen-bond donors (Lipinski definition) is 1. The van der Waals surface area contributed by atoms with Gasteiger partial charge in [-0.2, -0.15) is 0 Å². The summed E-state index contributed by atoms with van der Waals surface area (Å²) in [4.78, 5) is 6.54. The first-order valence-corrected chi connectivity index (χ1v) is 6.45. The topological polar surface area (TPSA) is 28.2 Å². The predicted molar refractivity (Wildman–Crippen MR) is 73.1 cm³/mol. The number of rotatable bonds is 7. The molecule has 1 rings (SSSR count). The van der Waals surface area contributed by atoms with Crippen LogP contribution in [0.1, 0.15) is 31.4 Å². The Balaban J connectivity index is 2.23. The minimum Gasteiger partial charge on any atom is -0.311 e. The van der Waals surface area contributed by atoms with Gasteiger partial charge in [0.05, 0.1) is 0 Å². The molecule has 0 amide bonds. The van der Waals surface area contributed by atoms with Gasteiger partial charge in [0, 0.05) is 38.1 Å². The summed E-state index contributed by atoms with van der Waals surface area (Å²) in [6.45, 7) is 9.65. The van der Waals surface area contributed by atoms with Crippen LogP contribution in [-0.2, 0) is 6.54 Å². The molecule has 0 saturated heterocycles. The average molecular weight is 235 g/mol. The summed E-state index contributed by atoms with van der Waals surface area (Å²) in [6, 6.07) is 2.72. The third-order valence-corrected chi connectivity index (χ3v) is 3.45. The Morgan fingerprint density at radius 1 is 1.47 bits per heavy atom. The standard InChI is InChI=1S/C14H25N3/c1-5-13(3)17(4)9-8-16-11-14-10-15-7-6-12(14)2/h6-7,10,13,16H,5,8-9,11H2,1-4H3. The van der Waals surface area contributed by atoms with Crippen molar-refractivity contribution in [3.05, 3.63) is 29.6 Å². The van der Waals surface area contributed by atoms with Gasteiger partial charge in [0.15, 0.2) is 0 Å². The summed E-state index contributed by atoms with van der Waals surface area (Å²) < 4.78 is 0. The SMILES string of the molecule is CCC(C)N(C)CCNCc1cnccc1C. The van der Waals surface area contributed by atoms with Crippen LogP contribution in [0.15, 0.2) is 18.5 Å². The maximum absolute atomic E-state index is 4.15. The van der Waals surface area contributed by atoms with Crippen LogP contribution in [-0.4, -0.2) is 36.1 Å². The van der Waals surface area contributed by atoms with Crippen LogP contribution in [0.2, 0.25) is 0 Å². The summed E-state index contributed by atoms with van der Waals surface area (Å²) in [7, 11) is 2.19. The first-order valence-electron chi connectivity index (χ1n) is 6.45. The van der Waals surface area contributed by atoms with Crippen molar-refractivity contribution in [1.82, 2.24) is 15.2 Å². The van der Waals surface area contributed by atoms with Crippen molar-refractivity contribution in [2.75, 3.05) is 20.1 Å². The average Bonchev–Trinajstić information content (AvgIpc) is 2.35. The maximum Gasteiger partial charge on any atom is 0.0315 e. The summed E-state index contributed by atoms with van der Waals surface area (Å²) in [6.07, 6.45) is 4.99. The smallest absolute Gasteiger partial charge is 0.0315 e. The summed E-state index contributed by atoms with van der Waals surface area (Å²) in [5.74, 6) is 0. The van der Waals surface area contributed by atoms with Crippen molar-refractivity contribution < 1.29 is 0 Å². The number of hydrogen-bond acceptors (Lipinski definition) is 3. The number of pyridine rings is 1. The quantitative estimate of drug-likeness (QED) is 0.734. The molecule has 0 spiro atoms. The van der Waals surface area contributed by atoms with E-state index in [4.69, 9.17) is 0 Å². The molecule has 1 aromatic rings. The molecule has 0 aliphatic heterocycles. The summed E-state index contributed by atoms with van der Waals surface area (Å²) in [5.41, 5.74) is 2.60. The van der Waals surface area contributed by atoms with E-state index in [1.54, 1.807) is 0 Å². The first kappa shape index (κ1) is 14.1. The summed E-state index contributed by atoms with van der Waals surface area (Å²) in [5, 5.41) is 3.47. The fraction of sp³-hybridized carbons (Fsp3) is 0.643. The molecule has 1 atom stereocenters. The van der Waals surface area contributed by atoms with Gasteiger partial charge in [0.1, 0.15) is 0 Å². The lowest BCUT2D eigenvalue weighted by Crippen LogP contribution is -2.34. The van der Waals surface area contributed by atoms with E-state index in [9.17, 15) is 0 Å². The van der Waals surface area contributed by atoms with Gasteiger partial charge in [0.25, 0.3) is 0 Å². The van der Waals surface area contributed by atoms with Crippen molar-refractivity contribution in [3.63, 3.8) is 0 Å². The predicted octanol–water partition coefficient (Wildman–Crippen LogP) is 2.21. The van der Waals surface area contributed by atoms with Gasteiger partial charge in [0.2, 0.25) is 0 Å². The third-order valence-electron chi connectivity index (χ3n) is 3.45. The molecule has 1 heterocycles. The molecule has 96 valence electrons. The van der Waals surface area contributed by atoms with Crippen molar-refractivity contribution in [2.24, 2.45) is 0 Å². The van der Waals surface area contributed by atoms with E-state index in [-0.39, 0.29) is 0 Å². The Morgan fingerprint density at radius 2 is 2.24 bits per heavy atom. The van der Waals surface area contributed by atoms with E-state index < -0.39 is 0 Å². The Hall–Kier alpha value is -0.930. The Kier molecular flexibility index (Phi) is 6.16. The van der Waals surface area contributed by atoms with Crippen LogP contribution in [0.3, 0.4) is 0 Å². The lowest BCUT2D eigenvalue weighted by Gasteiger charge is -2.23. The Bertz CT molecular complexity index is 325. The van der Waals surface area contributed by atoms with Crippen LogP contribution in [0.4, 0.5) is 0 Å². The maximum atomic E-state index is 4.15. The normalized spacial score (nSPS) is 13.0. The van der Waals surface area contributed by atoms with Crippen molar-refractivity contribution in [1.29, 1.82) is 0 Å². The van der Waals surface area contributed by atoms with E-state index in [2.05, 4.69) is 49.1 Å². The van der Waals surface area contributed by atoms with E-state index >= 15 is 0 Å². The second kappa shape index (κ2) is 7.41. The highest BCUT2D eigenvalue weighted by Crippen LogP contribution is 2.04. The first-order chi connectivity index (χ1) is 8.15. The van der Waals surface area contributed by atoms with Crippen molar-refractivity contribution >= 4 is 0 Å². The van der Waals surface area contributed by atoms with Gasteiger partial charge in [-0.15, -0.1) is 0 Å². The van der Waals surface area contributed by atoms with E-state index in [1.807, 2.05) is 12.4 Å². The molecule has 0 fully saturated rings. The molecule has 3 nitrogen and oxygen atoms in total. The molecule has 17 heavy (non-hydrogen) atoms. The number of likely N-dealkylation sites (N-methyl/N-ethyl adjacent to an activating group) is 1. The molecule has 0 radical (unpaired) electrons. The van der Waals surface area contributed by atoms with Crippen LogP contribution in [0.25, 0.3) is 0 Å². The molecule has 0 saturated carbocycles. The largest absolute Gasteiger partial charge is 0.311 e. The van der Waals surface area contributed by atoms with Gasteiger partial charge in [-0.05, 0) is 44.5 Å². The number of nitrogens with one attached hydrogen (secondary N) is 1. The molecule has 0 aromatic carbocycles. The van der Waals surface area contributed by atoms with Crippen molar-refractivity contribution in [3.8, 4) is 0 Å². The molecule has 0 aliphatic carbocycles. The minimum absolute atomic E-state index is 0.664. The van der Waals surface area contributed by atoms with E-state index in [0.29, 0.717) is 6.04 Å². The number of aromatic nitrogens is 1. The summed E-state index contributed by atoms with van der Waals surface area (Å²) >= 11 is 0. The fourth-order valence-corrected chi connectivity index (χ4v) is 1.69. The highest BCUT2D eigenvalue weighted by atomic mass is 15.1. The van der Waals surface area contributed by atoms with Crippen molar-refractivity contribution in [2.45, 2.75) is 39.8 Å². The molecular formula is C14H25N3. The molecule has 1 aromatic heterocycles. The highest BCUT2D eigenvalue weighted by molar-refractivity contribution is 5.20. The van der Waals surface area contributed by atoms with Crippen LogP contribution in [0.5, 0.6) is 0 Å². The van der Waals surface area contributed by atoms with Crippen LogP contribution < -0.4 is 5.32 Å². The molecule has 0 bridgehead atoms. The second-order valence-corrected chi connectivity index (χ2v) is 4.72. The monoisotopic (exact) mass is 235 g/mol. The lowest BCUT2D eigenvalue weighted by molar-refractivity contribution is 0.251. The van der Waals surface area contributed by atoms with E-state index in [1.165, 1.54) is 17.5 Å². The minimum atomic E-state index is 0.664. The van der Waals surface area contributed by atoms with E-state index in [0.717, 1.165) is 19.6 Å². The third kappa shape index (κ3) is 4.84. The molecule has 1 N–H and O–H groups in total. The Morgan fingerprint density at radius 3 is 2.88 bits per heavy atom. The molecule has 3 heteroatoms. The van der Waals surface area contributed by atoms with Crippen LogP contribution in [0, 0.1) is 6.92 Å². The zero-order valence-corrected chi connectivity index (χ0v) is 11.5. The van der Waals surface area contributed by atoms with Gasteiger partial charge >= 0.3 is 0 Å². The van der Waals surface area contributed by atoms with Gasteiger partial charge < -0.3 is 10.2 Å². The number of nitrogens with zero attached hydrogens (tertiary/aromatic N) is 2. The van der Waals surface area contributed by atoms with Gasteiger partial charge in [-0.3, -0.25) is 4.98 Å². The second-order valence-electron chi connectivity index (χ2n) is 4.72. The molecular weight excluding hydrogens is 210 g/mol. The van der Waals surface area contributed by atoms with Gasteiger partial charge in [-0.1, -0.05) is 6.92 Å². The molecule has 0 aliphatic rings. The zero-order valence-electron chi connectivity index (χ0n) is 11.5. The lowest BCUT2D eigenvalue weighted by atomic mass is 10.1. The Labute approximate surface area is 105 Å². The highest BCUT2D eigenvalue weighted by Gasteiger charge is 2.05. The fourth-order valence-electron chi connectivity index (χ4n) is 1.69. The van der Waals surface area contributed by atoms with Crippen LogP contribution >= 0.6 is 0 Å².